The van der Waals surface area contributed by atoms with Crippen molar-refractivity contribution in [2.45, 2.75) is 38.8 Å². The number of anilines is 1. The number of carbonyl (C=O) groups excluding carboxylic acids is 3. The van der Waals surface area contributed by atoms with Gasteiger partial charge in [0.25, 0.3) is 5.91 Å². The summed E-state index contributed by atoms with van der Waals surface area (Å²) >= 11 is 3.42. The first-order chi connectivity index (χ1) is 13.4. The van der Waals surface area contributed by atoms with Crippen LogP contribution >= 0.6 is 15.9 Å². The van der Waals surface area contributed by atoms with E-state index in [2.05, 4.69) is 26.6 Å². The highest BCUT2D eigenvalue weighted by Gasteiger charge is 2.40. The highest BCUT2D eigenvalue weighted by molar-refractivity contribution is 9.10. The van der Waals surface area contributed by atoms with E-state index in [4.69, 9.17) is 0 Å². The van der Waals surface area contributed by atoms with Crippen LogP contribution in [0.1, 0.15) is 36.9 Å². The molecule has 2 unspecified atom stereocenters. The average molecular weight is 444 g/mol. The van der Waals surface area contributed by atoms with Gasteiger partial charge in [0.2, 0.25) is 5.91 Å². The lowest BCUT2D eigenvalue weighted by atomic mass is 10.1. The van der Waals surface area contributed by atoms with Crippen molar-refractivity contribution in [3.05, 3.63) is 64.1 Å². The summed E-state index contributed by atoms with van der Waals surface area (Å²) in [7, 11) is 0. The number of hydrogen-bond acceptors (Lipinski definition) is 3. The summed E-state index contributed by atoms with van der Waals surface area (Å²) < 4.78 is 0.970. The third-order valence-electron chi connectivity index (χ3n) is 4.82. The molecule has 2 aromatic carbocycles. The predicted octanol–water partition coefficient (Wildman–Crippen LogP) is 4.16. The molecule has 1 aliphatic rings. The van der Waals surface area contributed by atoms with E-state index < -0.39 is 12.1 Å². The Morgan fingerprint density at radius 2 is 1.93 bits per heavy atom. The van der Waals surface area contributed by atoms with Gasteiger partial charge >= 0.3 is 6.03 Å². The number of benzene rings is 2. The van der Waals surface area contributed by atoms with Gasteiger partial charge in [-0.3, -0.25) is 14.5 Å². The monoisotopic (exact) mass is 443 g/mol. The summed E-state index contributed by atoms with van der Waals surface area (Å²) in [4.78, 5) is 38.5. The third-order valence-corrected chi connectivity index (χ3v) is 5.71. The molecule has 2 aromatic rings. The van der Waals surface area contributed by atoms with Gasteiger partial charge < -0.3 is 10.6 Å². The second kappa shape index (κ2) is 8.56. The molecule has 2 atom stereocenters. The number of nitrogens with zero attached hydrogens (tertiary/aromatic N) is 1. The maximum Gasteiger partial charge on any atom is 0.325 e. The predicted molar refractivity (Wildman–Crippen MR) is 111 cm³/mol. The molecule has 0 aromatic heterocycles. The normalized spacial score (nSPS) is 17.4. The number of nitrogens with one attached hydrogen (secondary N) is 2. The standard InChI is InChI=1S/C21H22BrN3O3/c1-13-12-16(8-9-17(13)22)23-19(26)11-10-18-20(27)25(21(28)24-18)14(2)15-6-4-3-5-7-15/h3-9,12,14,18H,10-11H2,1-2H3,(H,23,26)(H,24,28). The van der Waals surface area contributed by atoms with Crippen LogP contribution in [-0.4, -0.2) is 28.8 Å². The first-order valence-electron chi connectivity index (χ1n) is 9.11. The van der Waals surface area contributed by atoms with Crippen molar-refractivity contribution < 1.29 is 14.4 Å². The van der Waals surface area contributed by atoms with Gasteiger partial charge in [0.15, 0.2) is 0 Å². The largest absolute Gasteiger partial charge is 0.326 e. The number of amides is 4. The van der Waals surface area contributed by atoms with Gasteiger partial charge in [-0.15, -0.1) is 0 Å². The molecule has 0 saturated carbocycles. The van der Waals surface area contributed by atoms with Crippen molar-refractivity contribution >= 4 is 39.5 Å². The lowest BCUT2D eigenvalue weighted by Crippen LogP contribution is -2.34. The summed E-state index contributed by atoms with van der Waals surface area (Å²) in [6, 6.07) is 13.5. The Hall–Kier alpha value is -2.67. The van der Waals surface area contributed by atoms with E-state index in [9.17, 15) is 14.4 Å². The molecule has 0 spiro atoms. The second-order valence-corrected chi connectivity index (χ2v) is 7.70. The Balaban J connectivity index is 1.58. The Labute approximate surface area is 172 Å². The highest BCUT2D eigenvalue weighted by Crippen LogP contribution is 2.25. The summed E-state index contributed by atoms with van der Waals surface area (Å²) in [5.41, 5.74) is 2.60. The molecule has 3 rings (SSSR count). The molecule has 4 amide bonds. The minimum Gasteiger partial charge on any atom is -0.326 e. The van der Waals surface area contributed by atoms with Crippen LogP contribution in [0.5, 0.6) is 0 Å². The summed E-state index contributed by atoms with van der Waals surface area (Å²) in [5, 5.41) is 5.51. The summed E-state index contributed by atoms with van der Waals surface area (Å²) in [5.74, 6) is -0.494. The molecule has 28 heavy (non-hydrogen) atoms. The fourth-order valence-electron chi connectivity index (χ4n) is 3.21. The first kappa shape index (κ1) is 20.1. The number of urea groups is 1. The van der Waals surface area contributed by atoms with Crippen molar-refractivity contribution in [2.24, 2.45) is 0 Å². The van der Waals surface area contributed by atoms with Gasteiger partial charge in [0.1, 0.15) is 6.04 Å². The van der Waals surface area contributed by atoms with E-state index >= 15 is 0 Å². The number of rotatable bonds is 6. The topological polar surface area (TPSA) is 78.5 Å². The van der Waals surface area contributed by atoms with Crippen molar-refractivity contribution in [3.63, 3.8) is 0 Å². The molecule has 6 nitrogen and oxygen atoms in total. The van der Waals surface area contributed by atoms with E-state index in [1.54, 1.807) is 6.07 Å². The zero-order valence-electron chi connectivity index (χ0n) is 15.7. The van der Waals surface area contributed by atoms with E-state index in [0.717, 1.165) is 15.6 Å². The molecule has 7 heteroatoms. The molecule has 1 saturated heterocycles. The van der Waals surface area contributed by atoms with Crippen molar-refractivity contribution in [1.29, 1.82) is 0 Å². The molecule has 0 aliphatic carbocycles. The Morgan fingerprint density at radius 3 is 2.61 bits per heavy atom. The molecule has 2 N–H and O–H groups in total. The van der Waals surface area contributed by atoms with Gasteiger partial charge in [0.05, 0.1) is 6.04 Å². The molecule has 1 aliphatic heterocycles. The molecular formula is C21H22BrN3O3. The van der Waals surface area contributed by atoms with Crippen LogP contribution < -0.4 is 10.6 Å². The van der Waals surface area contributed by atoms with Crippen LogP contribution in [0.25, 0.3) is 0 Å². The van der Waals surface area contributed by atoms with Gasteiger partial charge in [-0.1, -0.05) is 46.3 Å². The number of halogens is 1. The zero-order chi connectivity index (χ0) is 20.3. The maximum atomic E-state index is 12.7. The molecule has 1 fully saturated rings. The fraction of sp³-hybridized carbons (Fsp3) is 0.286. The number of carbonyl (C=O) groups is 3. The van der Waals surface area contributed by atoms with Crippen molar-refractivity contribution in [3.8, 4) is 0 Å². The first-order valence-corrected chi connectivity index (χ1v) is 9.90. The van der Waals surface area contributed by atoms with E-state index in [1.807, 2.05) is 56.3 Å². The molecular weight excluding hydrogens is 422 g/mol. The van der Waals surface area contributed by atoms with Crippen LogP contribution in [0.2, 0.25) is 0 Å². The van der Waals surface area contributed by atoms with E-state index in [1.165, 1.54) is 4.90 Å². The minimum atomic E-state index is -0.684. The Bertz CT molecular complexity index is 901. The maximum absolute atomic E-state index is 12.7. The van der Waals surface area contributed by atoms with Gasteiger partial charge in [-0.25, -0.2) is 4.79 Å². The van der Waals surface area contributed by atoms with Crippen molar-refractivity contribution in [1.82, 2.24) is 10.2 Å². The number of aryl methyl sites for hydroxylation is 1. The molecule has 146 valence electrons. The van der Waals surface area contributed by atoms with Gasteiger partial charge in [0, 0.05) is 16.6 Å². The van der Waals surface area contributed by atoms with Gasteiger partial charge in [-0.05, 0) is 49.6 Å². The van der Waals surface area contributed by atoms with Crippen LogP contribution in [0.15, 0.2) is 53.0 Å². The zero-order valence-corrected chi connectivity index (χ0v) is 17.3. The number of hydrogen-bond donors (Lipinski definition) is 2. The highest BCUT2D eigenvalue weighted by atomic mass is 79.9. The molecule has 1 heterocycles. The van der Waals surface area contributed by atoms with E-state index in [0.29, 0.717) is 5.69 Å². The van der Waals surface area contributed by atoms with Crippen LogP contribution in [-0.2, 0) is 9.59 Å². The van der Waals surface area contributed by atoms with E-state index in [-0.39, 0.29) is 30.7 Å². The number of imide groups is 1. The third kappa shape index (κ3) is 4.42. The quantitative estimate of drug-likeness (QED) is 0.657. The lowest BCUT2D eigenvalue weighted by Gasteiger charge is -2.21. The Morgan fingerprint density at radius 1 is 1.21 bits per heavy atom. The van der Waals surface area contributed by atoms with Crippen molar-refractivity contribution in [2.75, 3.05) is 5.32 Å². The minimum absolute atomic E-state index is 0.138. The van der Waals surface area contributed by atoms with Crippen LogP contribution in [0.3, 0.4) is 0 Å². The van der Waals surface area contributed by atoms with Crippen LogP contribution in [0, 0.1) is 6.92 Å². The van der Waals surface area contributed by atoms with Gasteiger partial charge in [-0.2, -0.15) is 0 Å². The smallest absolute Gasteiger partial charge is 0.325 e. The average Bonchev–Trinajstić information content (AvgIpc) is 2.96. The summed E-state index contributed by atoms with van der Waals surface area (Å²) in [6.45, 7) is 3.76. The Kier molecular flexibility index (Phi) is 6.14. The fourth-order valence-corrected chi connectivity index (χ4v) is 3.46. The second-order valence-electron chi connectivity index (χ2n) is 6.85. The summed E-state index contributed by atoms with van der Waals surface area (Å²) in [6.07, 6.45) is 0.392. The lowest BCUT2D eigenvalue weighted by molar-refractivity contribution is -0.129. The SMILES string of the molecule is Cc1cc(NC(=O)CCC2NC(=O)N(C(C)c3ccccc3)C2=O)ccc1Br. The molecule has 0 radical (unpaired) electrons. The van der Waals surface area contributed by atoms with Crippen LogP contribution in [0.4, 0.5) is 10.5 Å². The molecule has 0 bridgehead atoms.